The Labute approximate surface area is 126 Å². The lowest BCUT2D eigenvalue weighted by molar-refractivity contribution is 0.415. The number of hydrogen-bond acceptors (Lipinski definition) is 2. The van der Waals surface area contributed by atoms with Crippen molar-refractivity contribution in [3.8, 4) is 5.75 Å². The van der Waals surface area contributed by atoms with Crippen molar-refractivity contribution in [1.82, 2.24) is 5.32 Å². The Morgan fingerprint density at radius 1 is 1.10 bits per heavy atom. The van der Waals surface area contributed by atoms with Crippen LogP contribution in [0, 0.1) is 5.92 Å². The van der Waals surface area contributed by atoms with Crippen molar-refractivity contribution >= 4 is 6.08 Å². The van der Waals surface area contributed by atoms with Gasteiger partial charge in [0.1, 0.15) is 5.75 Å². The van der Waals surface area contributed by atoms with Crippen LogP contribution in [0.4, 0.5) is 0 Å². The second-order valence-corrected chi connectivity index (χ2v) is 5.51. The van der Waals surface area contributed by atoms with Crippen LogP contribution in [-0.4, -0.2) is 13.7 Å². The fourth-order valence-electron chi connectivity index (χ4n) is 2.51. The molecule has 2 nitrogen and oxygen atoms in total. The molecule has 1 unspecified atom stereocenters. The van der Waals surface area contributed by atoms with E-state index in [-0.39, 0.29) is 0 Å². The summed E-state index contributed by atoms with van der Waals surface area (Å²) < 4.78 is 5.18. The van der Waals surface area contributed by atoms with Gasteiger partial charge in [0.2, 0.25) is 0 Å². The lowest BCUT2D eigenvalue weighted by atomic mass is 10.2. The maximum absolute atomic E-state index is 5.18. The third-order valence-corrected chi connectivity index (χ3v) is 3.88. The number of benzene rings is 2. The van der Waals surface area contributed by atoms with Gasteiger partial charge in [0.15, 0.2) is 0 Å². The summed E-state index contributed by atoms with van der Waals surface area (Å²) in [5.41, 5.74) is 4.15. The molecule has 0 aliphatic heterocycles. The summed E-state index contributed by atoms with van der Waals surface area (Å²) in [7, 11) is 1.70. The Hall–Kier alpha value is -2.06. The van der Waals surface area contributed by atoms with Crippen LogP contribution in [0.3, 0.4) is 0 Å². The first-order valence-corrected chi connectivity index (χ1v) is 7.44. The van der Waals surface area contributed by atoms with Crippen LogP contribution in [0.25, 0.3) is 6.08 Å². The van der Waals surface area contributed by atoms with Gasteiger partial charge in [0.05, 0.1) is 7.11 Å². The second-order valence-electron chi connectivity index (χ2n) is 5.51. The highest BCUT2D eigenvalue weighted by Gasteiger charge is 2.28. The van der Waals surface area contributed by atoms with Crippen LogP contribution in [0.5, 0.6) is 5.75 Å². The average molecular weight is 279 g/mol. The van der Waals surface area contributed by atoms with Crippen molar-refractivity contribution in [1.29, 1.82) is 0 Å². The summed E-state index contributed by atoms with van der Waals surface area (Å²) in [5.74, 6) is 1.62. The molecule has 0 aromatic heterocycles. The smallest absolute Gasteiger partial charge is 0.118 e. The number of ether oxygens (including phenoxy) is 1. The molecule has 3 rings (SSSR count). The average Bonchev–Trinajstić information content (AvgIpc) is 3.27. The molecule has 21 heavy (non-hydrogen) atoms. The van der Waals surface area contributed by atoms with E-state index in [1.807, 2.05) is 12.1 Å². The predicted octanol–water partition coefficient (Wildman–Crippen LogP) is 3.89. The Kier molecular flexibility index (Phi) is 4.37. The maximum Gasteiger partial charge on any atom is 0.118 e. The molecule has 0 bridgehead atoms. The summed E-state index contributed by atoms with van der Waals surface area (Å²) in [5, 5.41) is 3.54. The van der Waals surface area contributed by atoms with Crippen LogP contribution in [0.2, 0.25) is 0 Å². The van der Waals surface area contributed by atoms with Crippen LogP contribution >= 0.6 is 0 Å². The van der Waals surface area contributed by atoms with E-state index in [9.17, 15) is 0 Å². The van der Waals surface area contributed by atoms with E-state index in [2.05, 4.69) is 53.9 Å². The van der Waals surface area contributed by atoms with Gasteiger partial charge in [-0.15, -0.1) is 0 Å². The van der Waals surface area contributed by atoms with Crippen LogP contribution in [0.15, 0.2) is 60.2 Å². The number of nitrogens with one attached hydrogen (secondary N) is 1. The highest BCUT2D eigenvalue weighted by Crippen LogP contribution is 2.38. The van der Waals surface area contributed by atoms with Crippen LogP contribution in [-0.2, 0) is 6.54 Å². The monoisotopic (exact) mass is 279 g/mol. The molecule has 2 aromatic carbocycles. The standard InChI is InChI=1S/C19H21NO/c1-21-19-9-7-15(8-10-19)11-17-12-18(17)14-20-13-16-5-3-2-4-6-16/h2-11,18,20H,12-14H2,1H3/b17-11+. The molecule has 1 N–H and O–H groups in total. The quantitative estimate of drug-likeness (QED) is 0.866. The Balaban J connectivity index is 1.46. The molecule has 1 aliphatic rings. The molecule has 1 saturated carbocycles. The molecule has 1 fully saturated rings. The molecule has 0 spiro atoms. The zero-order chi connectivity index (χ0) is 14.5. The third-order valence-electron chi connectivity index (χ3n) is 3.88. The molecule has 0 amide bonds. The van der Waals surface area contributed by atoms with Gasteiger partial charge >= 0.3 is 0 Å². The minimum absolute atomic E-state index is 0.704. The van der Waals surface area contributed by atoms with Crippen molar-refractivity contribution in [3.63, 3.8) is 0 Å². The molecule has 0 saturated heterocycles. The van der Waals surface area contributed by atoms with E-state index in [4.69, 9.17) is 4.74 Å². The predicted molar refractivity (Wildman–Crippen MR) is 87.2 cm³/mol. The van der Waals surface area contributed by atoms with Crippen molar-refractivity contribution in [2.75, 3.05) is 13.7 Å². The fourth-order valence-corrected chi connectivity index (χ4v) is 2.51. The van der Waals surface area contributed by atoms with Gasteiger partial charge < -0.3 is 10.1 Å². The van der Waals surface area contributed by atoms with Gasteiger partial charge in [0.25, 0.3) is 0 Å². The van der Waals surface area contributed by atoms with E-state index in [1.165, 1.54) is 17.5 Å². The zero-order valence-electron chi connectivity index (χ0n) is 12.4. The van der Waals surface area contributed by atoms with E-state index >= 15 is 0 Å². The summed E-state index contributed by atoms with van der Waals surface area (Å²) in [6.07, 6.45) is 3.52. The highest BCUT2D eigenvalue weighted by molar-refractivity contribution is 5.58. The fraction of sp³-hybridized carbons (Fsp3) is 0.263. The molecular weight excluding hydrogens is 258 g/mol. The van der Waals surface area contributed by atoms with Gasteiger partial charge in [0, 0.05) is 13.1 Å². The number of rotatable bonds is 6. The first-order valence-electron chi connectivity index (χ1n) is 7.44. The van der Waals surface area contributed by atoms with Crippen LogP contribution < -0.4 is 10.1 Å². The van der Waals surface area contributed by atoms with Crippen molar-refractivity contribution in [2.45, 2.75) is 13.0 Å². The van der Waals surface area contributed by atoms with E-state index in [0.717, 1.165) is 18.8 Å². The van der Waals surface area contributed by atoms with Crippen LogP contribution in [0.1, 0.15) is 17.5 Å². The summed E-state index contributed by atoms with van der Waals surface area (Å²) in [6.45, 7) is 2.02. The molecule has 2 aromatic rings. The first-order chi connectivity index (χ1) is 10.3. The third kappa shape index (κ3) is 3.96. The lowest BCUT2D eigenvalue weighted by Gasteiger charge is -2.03. The van der Waals surface area contributed by atoms with Crippen molar-refractivity contribution < 1.29 is 4.74 Å². The zero-order valence-corrected chi connectivity index (χ0v) is 12.4. The molecule has 0 heterocycles. The topological polar surface area (TPSA) is 21.3 Å². The van der Waals surface area contributed by atoms with Crippen molar-refractivity contribution in [2.24, 2.45) is 5.92 Å². The van der Waals surface area contributed by atoms with Gasteiger partial charge in [-0.3, -0.25) is 0 Å². The second kappa shape index (κ2) is 6.59. The Morgan fingerprint density at radius 3 is 2.57 bits per heavy atom. The Morgan fingerprint density at radius 2 is 1.86 bits per heavy atom. The summed E-state index contributed by atoms with van der Waals surface area (Å²) in [4.78, 5) is 0. The minimum Gasteiger partial charge on any atom is -0.497 e. The SMILES string of the molecule is COc1ccc(/C=C2\CC2CNCc2ccccc2)cc1. The molecule has 1 aliphatic carbocycles. The van der Waals surface area contributed by atoms with Gasteiger partial charge in [-0.1, -0.05) is 54.1 Å². The number of hydrogen-bond donors (Lipinski definition) is 1. The van der Waals surface area contributed by atoms with Gasteiger partial charge in [-0.05, 0) is 35.6 Å². The summed E-state index contributed by atoms with van der Waals surface area (Å²) in [6, 6.07) is 18.8. The van der Waals surface area contributed by atoms with E-state index in [1.54, 1.807) is 12.7 Å². The normalized spacial score (nSPS) is 18.7. The lowest BCUT2D eigenvalue weighted by Crippen LogP contribution is -2.16. The van der Waals surface area contributed by atoms with Crippen molar-refractivity contribution in [3.05, 3.63) is 71.3 Å². The van der Waals surface area contributed by atoms with Gasteiger partial charge in [-0.25, -0.2) is 0 Å². The molecule has 0 radical (unpaired) electrons. The highest BCUT2D eigenvalue weighted by atomic mass is 16.5. The van der Waals surface area contributed by atoms with E-state index in [0.29, 0.717) is 5.92 Å². The number of methoxy groups -OCH3 is 1. The minimum atomic E-state index is 0.704. The maximum atomic E-state index is 5.18. The van der Waals surface area contributed by atoms with E-state index < -0.39 is 0 Å². The largest absolute Gasteiger partial charge is 0.497 e. The summed E-state index contributed by atoms with van der Waals surface area (Å²) >= 11 is 0. The first kappa shape index (κ1) is 13.9. The molecule has 2 heteroatoms. The molecule has 1 atom stereocenters. The molecule has 108 valence electrons. The molecular formula is C19H21NO. The Bertz CT molecular complexity index is 601. The van der Waals surface area contributed by atoms with Gasteiger partial charge in [-0.2, -0.15) is 0 Å².